The topological polar surface area (TPSA) is 54.0 Å². The molecule has 5 heteroatoms. The fourth-order valence-electron chi connectivity index (χ4n) is 2.67. The fraction of sp³-hybridized carbons (Fsp3) is 0.957. The van der Waals surface area contributed by atoms with Crippen LogP contribution in [0.3, 0.4) is 0 Å². The van der Waals surface area contributed by atoms with Crippen LogP contribution in [0.5, 0.6) is 0 Å². The van der Waals surface area contributed by atoms with Crippen molar-refractivity contribution in [3.05, 3.63) is 0 Å². The lowest BCUT2D eigenvalue weighted by atomic mass is 10.1. The lowest BCUT2D eigenvalue weighted by Crippen LogP contribution is -2.11. The Morgan fingerprint density at radius 1 is 0.643 bits per heavy atom. The summed E-state index contributed by atoms with van der Waals surface area (Å²) in [7, 11) is 0. The molecule has 0 rings (SSSR count). The van der Waals surface area contributed by atoms with Crippen molar-refractivity contribution in [1.29, 1.82) is 0 Å². The van der Waals surface area contributed by atoms with Gasteiger partial charge in [-0.2, -0.15) is 0 Å². The summed E-state index contributed by atoms with van der Waals surface area (Å²) in [4.78, 5) is 11.6. The van der Waals surface area contributed by atoms with Gasteiger partial charge in [0.15, 0.2) is 0 Å². The maximum atomic E-state index is 11.6. The number of hydrogen-bond acceptors (Lipinski definition) is 5. The van der Waals surface area contributed by atoms with Crippen LogP contribution in [0.1, 0.15) is 91.4 Å². The minimum Gasteiger partial charge on any atom is -0.466 e. The molecule has 0 radical (unpaired) electrons. The molecule has 0 atom stereocenters. The van der Waals surface area contributed by atoms with E-state index in [4.69, 9.17) is 18.9 Å². The molecule has 0 aliphatic rings. The highest BCUT2D eigenvalue weighted by Gasteiger charge is 2.02. The standard InChI is InChI=1S/C23H46O5/c1-4-5-6-7-8-9-10-11-16-28-23(24)13-12-15-25-18-20-27-21-19-26-17-14-22(2)3/h22H,4-21H2,1-3H3. The van der Waals surface area contributed by atoms with Crippen LogP contribution < -0.4 is 0 Å². The van der Waals surface area contributed by atoms with Crippen LogP contribution in [0.2, 0.25) is 0 Å². The minimum atomic E-state index is -0.110. The van der Waals surface area contributed by atoms with Gasteiger partial charge in [-0.1, -0.05) is 65.7 Å². The highest BCUT2D eigenvalue weighted by atomic mass is 16.5. The Balaban J connectivity index is 3.15. The molecule has 0 spiro atoms. The van der Waals surface area contributed by atoms with Gasteiger partial charge in [0.25, 0.3) is 0 Å². The molecular formula is C23H46O5. The molecule has 168 valence electrons. The van der Waals surface area contributed by atoms with Gasteiger partial charge in [0.1, 0.15) is 0 Å². The first-order chi connectivity index (χ1) is 13.7. The van der Waals surface area contributed by atoms with E-state index >= 15 is 0 Å². The van der Waals surface area contributed by atoms with Gasteiger partial charge < -0.3 is 18.9 Å². The molecular weight excluding hydrogens is 356 g/mol. The lowest BCUT2D eigenvalue weighted by Gasteiger charge is -2.08. The number of carbonyl (C=O) groups excluding carboxylic acids is 1. The number of carbonyl (C=O) groups is 1. The van der Waals surface area contributed by atoms with Crippen LogP contribution in [-0.2, 0) is 23.7 Å². The predicted molar refractivity (Wildman–Crippen MR) is 115 cm³/mol. The largest absolute Gasteiger partial charge is 0.466 e. The van der Waals surface area contributed by atoms with Crippen LogP contribution in [-0.4, -0.2) is 52.2 Å². The third-order valence-corrected chi connectivity index (χ3v) is 4.51. The minimum absolute atomic E-state index is 0.110. The second-order valence-corrected chi connectivity index (χ2v) is 7.82. The van der Waals surface area contributed by atoms with Gasteiger partial charge in [-0.15, -0.1) is 0 Å². The van der Waals surface area contributed by atoms with E-state index in [1.807, 2.05) is 0 Å². The summed E-state index contributed by atoms with van der Waals surface area (Å²) in [6.45, 7) is 10.9. The van der Waals surface area contributed by atoms with Crippen molar-refractivity contribution in [3.63, 3.8) is 0 Å². The number of hydrogen-bond donors (Lipinski definition) is 0. The van der Waals surface area contributed by atoms with Crippen LogP contribution >= 0.6 is 0 Å². The molecule has 0 saturated heterocycles. The summed E-state index contributed by atoms with van der Waals surface area (Å²) in [5, 5.41) is 0. The lowest BCUT2D eigenvalue weighted by molar-refractivity contribution is -0.144. The van der Waals surface area contributed by atoms with Gasteiger partial charge in [-0.3, -0.25) is 4.79 Å². The van der Waals surface area contributed by atoms with Crippen molar-refractivity contribution >= 4 is 5.97 Å². The smallest absolute Gasteiger partial charge is 0.305 e. The third-order valence-electron chi connectivity index (χ3n) is 4.51. The first kappa shape index (κ1) is 27.4. The van der Waals surface area contributed by atoms with Crippen molar-refractivity contribution < 1.29 is 23.7 Å². The number of rotatable bonds is 22. The Morgan fingerprint density at radius 3 is 1.79 bits per heavy atom. The first-order valence-electron chi connectivity index (χ1n) is 11.6. The van der Waals surface area contributed by atoms with E-state index in [1.165, 1.54) is 38.5 Å². The maximum absolute atomic E-state index is 11.6. The molecule has 0 aliphatic heterocycles. The fourth-order valence-corrected chi connectivity index (χ4v) is 2.67. The highest BCUT2D eigenvalue weighted by Crippen LogP contribution is 2.08. The summed E-state index contributed by atoms with van der Waals surface area (Å²) in [5.74, 6) is 0.568. The van der Waals surface area contributed by atoms with Crippen molar-refractivity contribution in [2.75, 3.05) is 46.2 Å². The van der Waals surface area contributed by atoms with E-state index in [1.54, 1.807) is 0 Å². The summed E-state index contributed by atoms with van der Waals surface area (Å²) in [5.41, 5.74) is 0. The second-order valence-electron chi connectivity index (χ2n) is 7.82. The van der Waals surface area contributed by atoms with Crippen LogP contribution in [0, 0.1) is 5.92 Å². The van der Waals surface area contributed by atoms with Gasteiger partial charge in [0.2, 0.25) is 0 Å². The maximum Gasteiger partial charge on any atom is 0.305 e. The first-order valence-corrected chi connectivity index (χ1v) is 11.6. The molecule has 0 fully saturated rings. The SMILES string of the molecule is CCCCCCCCCCOC(=O)CCCOCCOCCOCCC(C)C. The Bertz CT molecular complexity index is 320. The number of ether oxygens (including phenoxy) is 4. The average molecular weight is 403 g/mol. The molecule has 0 unspecified atom stereocenters. The van der Waals surface area contributed by atoms with Crippen LogP contribution in [0.4, 0.5) is 0 Å². The Hall–Kier alpha value is -0.650. The van der Waals surface area contributed by atoms with Crippen molar-refractivity contribution in [1.82, 2.24) is 0 Å². The molecule has 0 saturated carbocycles. The number of unbranched alkanes of at least 4 members (excludes halogenated alkanes) is 7. The summed E-state index contributed by atoms with van der Waals surface area (Å²) >= 11 is 0. The zero-order valence-electron chi connectivity index (χ0n) is 18.8. The summed E-state index contributed by atoms with van der Waals surface area (Å²) < 4.78 is 21.6. The normalized spacial score (nSPS) is 11.3. The Labute approximate surface area is 173 Å². The monoisotopic (exact) mass is 402 g/mol. The quantitative estimate of drug-likeness (QED) is 0.176. The molecule has 0 aromatic rings. The van der Waals surface area contributed by atoms with Gasteiger partial charge >= 0.3 is 5.97 Å². The molecule has 28 heavy (non-hydrogen) atoms. The van der Waals surface area contributed by atoms with Gasteiger partial charge in [-0.05, 0) is 25.2 Å². The third kappa shape index (κ3) is 23.4. The molecule has 0 aromatic carbocycles. The summed E-state index contributed by atoms with van der Waals surface area (Å²) in [6.07, 6.45) is 12.3. The number of esters is 1. The van der Waals surface area contributed by atoms with E-state index in [0.29, 0.717) is 58.4 Å². The van der Waals surface area contributed by atoms with Gasteiger partial charge in [0, 0.05) is 19.6 Å². The van der Waals surface area contributed by atoms with E-state index in [2.05, 4.69) is 20.8 Å². The highest BCUT2D eigenvalue weighted by molar-refractivity contribution is 5.69. The van der Waals surface area contributed by atoms with E-state index < -0.39 is 0 Å². The van der Waals surface area contributed by atoms with Crippen LogP contribution in [0.25, 0.3) is 0 Å². The van der Waals surface area contributed by atoms with E-state index in [9.17, 15) is 4.79 Å². The van der Waals surface area contributed by atoms with E-state index in [-0.39, 0.29) is 5.97 Å². The second kappa shape index (κ2) is 22.6. The van der Waals surface area contributed by atoms with Gasteiger partial charge in [-0.25, -0.2) is 0 Å². The Morgan fingerprint density at radius 2 is 1.18 bits per heavy atom. The zero-order chi connectivity index (χ0) is 20.7. The van der Waals surface area contributed by atoms with E-state index in [0.717, 1.165) is 25.9 Å². The Kier molecular flexibility index (Phi) is 22.1. The molecule has 0 bridgehead atoms. The average Bonchev–Trinajstić information content (AvgIpc) is 2.67. The predicted octanol–water partition coefficient (Wildman–Crippen LogP) is 5.55. The zero-order valence-corrected chi connectivity index (χ0v) is 18.8. The molecule has 0 heterocycles. The molecule has 5 nitrogen and oxygen atoms in total. The van der Waals surface area contributed by atoms with Crippen molar-refractivity contribution in [2.45, 2.75) is 91.4 Å². The van der Waals surface area contributed by atoms with Crippen LogP contribution in [0.15, 0.2) is 0 Å². The molecule has 0 aromatic heterocycles. The van der Waals surface area contributed by atoms with Crippen molar-refractivity contribution in [3.8, 4) is 0 Å². The molecule has 0 N–H and O–H groups in total. The summed E-state index contributed by atoms with van der Waals surface area (Å²) in [6, 6.07) is 0. The molecule has 0 aliphatic carbocycles. The van der Waals surface area contributed by atoms with Gasteiger partial charge in [0.05, 0.1) is 33.0 Å². The van der Waals surface area contributed by atoms with Crippen molar-refractivity contribution in [2.24, 2.45) is 5.92 Å². The molecule has 0 amide bonds.